The smallest absolute Gasteiger partial charge is 0.342 e. The van der Waals surface area contributed by atoms with Crippen LogP contribution >= 0.6 is 15.9 Å². The van der Waals surface area contributed by atoms with Gasteiger partial charge in [-0.05, 0) is 47.5 Å². The van der Waals surface area contributed by atoms with Crippen LogP contribution in [0.4, 0.5) is 5.69 Å². The van der Waals surface area contributed by atoms with Crippen LogP contribution in [-0.4, -0.2) is 11.9 Å². The molecule has 32 heavy (non-hydrogen) atoms. The predicted molar refractivity (Wildman–Crippen MR) is 127 cm³/mol. The molecular weight excluding hydrogens is 466 g/mol. The maximum atomic E-state index is 13.7. The van der Waals surface area contributed by atoms with Crippen LogP contribution in [-0.2, 0) is 4.74 Å². The lowest BCUT2D eigenvalue weighted by Gasteiger charge is -2.36. The third kappa shape index (κ3) is 3.72. The van der Waals surface area contributed by atoms with E-state index in [-0.39, 0.29) is 5.91 Å². The van der Waals surface area contributed by atoms with E-state index in [2.05, 4.69) is 15.9 Å². The van der Waals surface area contributed by atoms with Crippen molar-refractivity contribution in [2.45, 2.75) is 6.23 Å². The number of hydrogen-bond donors (Lipinski definition) is 0. The normalized spacial score (nSPS) is 15.1. The highest BCUT2D eigenvalue weighted by atomic mass is 79.9. The van der Waals surface area contributed by atoms with E-state index in [0.29, 0.717) is 22.4 Å². The quantitative estimate of drug-likeness (QED) is 0.307. The summed E-state index contributed by atoms with van der Waals surface area (Å²) in [6, 6.07) is 31.9. The summed E-state index contributed by atoms with van der Waals surface area (Å²) in [4.78, 5) is 27.9. The first kappa shape index (κ1) is 20.2. The molecule has 5 heteroatoms. The van der Waals surface area contributed by atoms with Gasteiger partial charge < -0.3 is 4.74 Å². The number of nitrogens with zero attached hydrogens (tertiary/aromatic N) is 1. The average Bonchev–Trinajstić information content (AvgIpc) is 2.85. The molecule has 1 aliphatic heterocycles. The fourth-order valence-corrected chi connectivity index (χ4v) is 4.10. The summed E-state index contributed by atoms with van der Waals surface area (Å²) in [6.07, 6.45) is -0.855. The molecule has 0 saturated heterocycles. The van der Waals surface area contributed by atoms with Crippen molar-refractivity contribution in [1.29, 1.82) is 0 Å². The van der Waals surface area contributed by atoms with Crippen molar-refractivity contribution in [2.75, 3.05) is 4.90 Å². The van der Waals surface area contributed by atoms with Gasteiger partial charge in [0, 0.05) is 15.6 Å². The number of anilines is 1. The molecular formula is C27H18BrNO3. The van der Waals surface area contributed by atoms with Crippen LogP contribution in [0.1, 0.15) is 32.5 Å². The number of hydrogen-bond acceptors (Lipinski definition) is 3. The number of carbonyl (C=O) groups excluding carboxylic acids is 2. The second-order valence-electron chi connectivity index (χ2n) is 7.44. The molecule has 0 saturated carbocycles. The highest BCUT2D eigenvalue weighted by molar-refractivity contribution is 9.10. The van der Waals surface area contributed by atoms with Gasteiger partial charge in [0.1, 0.15) is 0 Å². The van der Waals surface area contributed by atoms with Crippen LogP contribution in [0, 0.1) is 0 Å². The summed E-state index contributed by atoms with van der Waals surface area (Å²) in [5.74, 6) is -0.686. The minimum absolute atomic E-state index is 0.238. The lowest BCUT2D eigenvalue weighted by atomic mass is 10.0. The number of halogens is 1. The molecule has 0 spiro atoms. The van der Waals surface area contributed by atoms with E-state index in [1.165, 1.54) is 0 Å². The fourth-order valence-electron chi connectivity index (χ4n) is 3.84. The standard InChI is InChI=1S/C27H18BrNO3/c28-22-16-14-21(15-17-22)26-29(24-9-5-4-8-23(24)27(31)32-26)25(30)20-12-10-19(11-13-20)18-6-2-1-3-7-18/h1-17,26H. The molecule has 1 unspecified atom stereocenters. The minimum Gasteiger partial charge on any atom is -0.433 e. The number of rotatable bonds is 3. The van der Waals surface area contributed by atoms with Gasteiger partial charge in [0.25, 0.3) is 5.91 Å². The largest absolute Gasteiger partial charge is 0.433 e. The number of fused-ring (bicyclic) bond motifs is 1. The van der Waals surface area contributed by atoms with Crippen molar-refractivity contribution in [3.8, 4) is 11.1 Å². The Kier molecular flexibility index (Phi) is 5.33. The molecule has 156 valence electrons. The second kappa shape index (κ2) is 8.44. The van der Waals surface area contributed by atoms with Crippen molar-refractivity contribution in [2.24, 2.45) is 0 Å². The van der Waals surface area contributed by atoms with Gasteiger partial charge in [-0.1, -0.05) is 82.7 Å². The summed E-state index contributed by atoms with van der Waals surface area (Å²) >= 11 is 3.43. The Balaban J connectivity index is 1.56. The highest BCUT2D eigenvalue weighted by Gasteiger charge is 2.38. The minimum atomic E-state index is -0.855. The molecule has 0 aliphatic carbocycles. The van der Waals surface area contributed by atoms with Crippen molar-refractivity contribution >= 4 is 33.5 Å². The summed E-state index contributed by atoms with van der Waals surface area (Å²) < 4.78 is 6.64. The number of ether oxygens (including phenoxy) is 1. The van der Waals surface area contributed by atoms with Crippen LogP contribution in [0.3, 0.4) is 0 Å². The van der Waals surface area contributed by atoms with E-state index in [1.807, 2.05) is 84.9 Å². The topological polar surface area (TPSA) is 46.6 Å². The first-order valence-corrected chi connectivity index (χ1v) is 11.0. The zero-order valence-corrected chi connectivity index (χ0v) is 18.5. The zero-order chi connectivity index (χ0) is 22.1. The first-order valence-electron chi connectivity index (χ1n) is 10.2. The molecule has 4 aromatic rings. The molecule has 5 rings (SSSR count). The van der Waals surface area contributed by atoms with Gasteiger partial charge in [0.2, 0.25) is 6.23 Å². The predicted octanol–water partition coefficient (Wildman–Crippen LogP) is 6.63. The molecule has 1 amide bonds. The SMILES string of the molecule is O=C1OC(c2ccc(Br)cc2)N(C(=O)c2ccc(-c3ccccc3)cc2)c2ccccc21. The molecule has 0 radical (unpaired) electrons. The Morgan fingerprint density at radius 1 is 0.750 bits per heavy atom. The number of esters is 1. The first-order chi connectivity index (χ1) is 15.6. The van der Waals surface area contributed by atoms with E-state index in [0.717, 1.165) is 15.6 Å². The van der Waals surface area contributed by atoms with Gasteiger partial charge in [-0.15, -0.1) is 0 Å². The van der Waals surface area contributed by atoms with Gasteiger partial charge in [-0.25, -0.2) is 4.79 Å². The molecule has 4 nitrogen and oxygen atoms in total. The summed E-state index contributed by atoms with van der Waals surface area (Å²) in [7, 11) is 0. The van der Waals surface area contributed by atoms with Gasteiger partial charge in [-0.3, -0.25) is 9.69 Å². The second-order valence-corrected chi connectivity index (χ2v) is 8.36. The van der Waals surface area contributed by atoms with Gasteiger partial charge in [0.05, 0.1) is 11.3 Å². The van der Waals surface area contributed by atoms with Crippen LogP contribution < -0.4 is 4.90 Å². The fraction of sp³-hybridized carbons (Fsp3) is 0.0370. The van der Waals surface area contributed by atoms with E-state index in [9.17, 15) is 9.59 Å². The summed E-state index contributed by atoms with van der Waals surface area (Å²) in [5, 5.41) is 0. The molecule has 0 N–H and O–H groups in total. The number of para-hydroxylation sites is 1. The zero-order valence-electron chi connectivity index (χ0n) is 16.9. The lowest BCUT2D eigenvalue weighted by Crippen LogP contribution is -2.41. The third-order valence-electron chi connectivity index (χ3n) is 5.45. The maximum absolute atomic E-state index is 13.7. The van der Waals surface area contributed by atoms with Crippen LogP contribution in [0.5, 0.6) is 0 Å². The van der Waals surface area contributed by atoms with Crippen molar-refractivity contribution in [1.82, 2.24) is 0 Å². The maximum Gasteiger partial charge on any atom is 0.342 e. The summed E-state index contributed by atoms with van der Waals surface area (Å²) in [5.41, 5.74) is 4.24. The van der Waals surface area contributed by atoms with Gasteiger partial charge in [-0.2, -0.15) is 0 Å². The van der Waals surface area contributed by atoms with Gasteiger partial charge in [0.15, 0.2) is 0 Å². The van der Waals surface area contributed by atoms with E-state index in [1.54, 1.807) is 23.1 Å². The Bertz CT molecular complexity index is 1280. The number of benzene rings is 4. The van der Waals surface area contributed by atoms with Crippen LogP contribution in [0.2, 0.25) is 0 Å². The Labute approximate surface area is 194 Å². The molecule has 0 bridgehead atoms. The Morgan fingerprint density at radius 3 is 2.09 bits per heavy atom. The van der Waals surface area contributed by atoms with Crippen molar-refractivity contribution < 1.29 is 14.3 Å². The molecule has 1 heterocycles. The summed E-state index contributed by atoms with van der Waals surface area (Å²) in [6.45, 7) is 0. The number of cyclic esters (lactones) is 1. The van der Waals surface area contributed by atoms with E-state index >= 15 is 0 Å². The van der Waals surface area contributed by atoms with E-state index < -0.39 is 12.2 Å². The Morgan fingerprint density at radius 2 is 1.38 bits per heavy atom. The molecule has 0 fully saturated rings. The number of amides is 1. The third-order valence-corrected chi connectivity index (χ3v) is 5.98. The lowest BCUT2D eigenvalue weighted by molar-refractivity contribution is 0.0249. The van der Waals surface area contributed by atoms with Crippen molar-refractivity contribution in [3.05, 3.63) is 124 Å². The molecule has 4 aromatic carbocycles. The van der Waals surface area contributed by atoms with Crippen LogP contribution in [0.25, 0.3) is 11.1 Å². The van der Waals surface area contributed by atoms with Crippen molar-refractivity contribution in [3.63, 3.8) is 0 Å². The van der Waals surface area contributed by atoms with Crippen LogP contribution in [0.15, 0.2) is 108 Å². The Hall–Kier alpha value is -3.70. The average molecular weight is 484 g/mol. The highest BCUT2D eigenvalue weighted by Crippen LogP contribution is 2.38. The van der Waals surface area contributed by atoms with E-state index in [4.69, 9.17) is 4.74 Å². The number of carbonyl (C=O) groups is 2. The molecule has 1 atom stereocenters. The molecule has 1 aliphatic rings. The monoisotopic (exact) mass is 483 g/mol. The molecule has 0 aromatic heterocycles. The van der Waals surface area contributed by atoms with Gasteiger partial charge >= 0.3 is 5.97 Å².